The highest BCUT2D eigenvalue weighted by Crippen LogP contribution is 2.63. The summed E-state index contributed by atoms with van der Waals surface area (Å²) in [5, 5.41) is 20.6. The fourth-order valence-electron chi connectivity index (χ4n) is 7.90. The molecular formula is C34H27NO6. The van der Waals surface area contributed by atoms with Gasteiger partial charge in [-0.2, -0.15) is 5.06 Å². The molecule has 1 saturated carbocycles. The molecule has 0 bridgehead atoms. The van der Waals surface area contributed by atoms with Crippen molar-refractivity contribution in [2.45, 2.75) is 24.2 Å². The zero-order chi connectivity index (χ0) is 28.5. The summed E-state index contributed by atoms with van der Waals surface area (Å²) in [7, 11) is 0. The number of amides is 2. The first kappa shape index (κ1) is 25.4. The summed E-state index contributed by atoms with van der Waals surface area (Å²) in [6.45, 7) is 0. The third-order valence-electron chi connectivity index (χ3n) is 9.58. The van der Waals surface area contributed by atoms with Crippen LogP contribution in [0, 0.1) is 23.7 Å². The Morgan fingerprint density at radius 1 is 0.780 bits per heavy atom. The van der Waals surface area contributed by atoms with Gasteiger partial charge in [0, 0.05) is 17.4 Å². The van der Waals surface area contributed by atoms with E-state index >= 15 is 0 Å². The van der Waals surface area contributed by atoms with Gasteiger partial charge in [-0.05, 0) is 53.7 Å². The summed E-state index contributed by atoms with van der Waals surface area (Å²) in [5.74, 6) is -5.19. The highest BCUT2D eigenvalue weighted by atomic mass is 16.5. The van der Waals surface area contributed by atoms with Gasteiger partial charge in [0.1, 0.15) is 5.75 Å². The number of phenolic OH excluding ortho intramolecular Hbond substituents is 1. The standard InChI is InChI=1S/C34H27NO6/c36-22-13-11-20(12-14-22)30-23-15-16-24-29(33(40)35(41)32(24)39)26(23)17-27-31(38)25(19-7-3-1-4-8-19)18-28(37)34(27,30)21-9-5-2-6-10-21/h1-15,18,24,26-27,29-30,36,41H,16-17H2/t24-,26+,27-,29-,30-,34-/m0/s1. The van der Waals surface area contributed by atoms with Crippen molar-refractivity contribution in [1.82, 2.24) is 5.06 Å². The van der Waals surface area contributed by atoms with Crippen molar-refractivity contribution in [2.24, 2.45) is 23.7 Å². The van der Waals surface area contributed by atoms with Gasteiger partial charge in [0.05, 0.1) is 17.3 Å². The molecule has 1 aliphatic heterocycles. The van der Waals surface area contributed by atoms with E-state index in [4.69, 9.17) is 0 Å². The largest absolute Gasteiger partial charge is 0.508 e. The van der Waals surface area contributed by atoms with Crippen LogP contribution < -0.4 is 0 Å². The third kappa shape index (κ3) is 3.48. The van der Waals surface area contributed by atoms with Crippen molar-refractivity contribution in [3.8, 4) is 5.75 Å². The second kappa shape index (κ2) is 9.21. The molecule has 0 unspecified atom stereocenters. The summed E-state index contributed by atoms with van der Waals surface area (Å²) < 4.78 is 0. The Balaban J connectivity index is 1.52. The number of fused-ring (bicyclic) bond motifs is 4. The minimum atomic E-state index is -1.31. The number of phenols is 1. The summed E-state index contributed by atoms with van der Waals surface area (Å²) in [6.07, 6.45) is 3.83. The lowest BCUT2D eigenvalue weighted by Gasteiger charge is -2.55. The minimum absolute atomic E-state index is 0.0638. The van der Waals surface area contributed by atoms with Gasteiger partial charge in [-0.1, -0.05) is 84.4 Å². The van der Waals surface area contributed by atoms with E-state index in [1.54, 1.807) is 36.4 Å². The number of hydroxylamine groups is 2. The average Bonchev–Trinajstić information content (AvgIpc) is 3.23. The van der Waals surface area contributed by atoms with Gasteiger partial charge in [-0.15, -0.1) is 0 Å². The Morgan fingerprint density at radius 3 is 2.12 bits per heavy atom. The average molecular weight is 546 g/mol. The molecule has 2 N–H and O–H groups in total. The highest BCUT2D eigenvalue weighted by molar-refractivity contribution is 6.31. The molecule has 3 aliphatic carbocycles. The van der Waals surface area contributed by atoms with Crippen molar-refractivity contribution in [1.29, 1.82) is 0 Å². The molecule has 0 spiro atoms. The minimum Gasteiger partial charge on any atom is -0.508 e. The van der Waals surface area contributed by atoms with Crippen LogP contribution in [0.4, 0.5) is 0 Å². The van der Waals surface area contributed by atoms with E-state index in [1.807, 2.05) is 54.6 Å². The number of rotatable bonds is 3. The van der Waals surface area contributed by atoms with E-state index < -0.39 is 46.8 Å². The number of nitrogens with zero attached hydrogens (tertiary/aromatic N) is 1. The van der Waals surface area contributed by atoms with Gasteiger partial charge >= 0.3 is 0 Å². The summed E-state index contributed by atoms with van der Waals surface area (Å²) in [6, 6.07) is 25.0. The molecule has 3 aromatic rings. The SMILES string of the molecule is O=C1C(c2ccccc2)=CC(=O)[C@@]2(c3ccccc3)[C@@H](c3ccc(O)cc3)C3=CC[C@@H]4C(=O)N(O)C(=O)[C@@H]4[C@@H]3C[C@@H]12. The molecule has 1 saturated heterocycles. The van der Waals surface area contributed by atoms with Crippen molar-refractivity contribution >= 4 is 29.0 Å². The molecule has 7 heteroatoms. The molecule has 7 nitrogen and oxygen atoms in total. The molecule has 204 valence electrons. The van der Waals surface area contributed by atoms with Crippen LogP contribution in [0.5, 0.6) is 5.75 Å². The number of hydrogen-bond acceptors (Lipinski definition) is 6. The van der Waals surface area contributed by atoms with Crippen LogP contribution in [0.15, 0.2) is 103 Å². The number of Topliss-reactive ketones (excluding diaryl/α,β-unsaturated/α-hetero) is 1. The lowest BCUT2D eigenvalue weighted by molar-refractivity contribution is -0.173. The second-order valence-corrected chi connectivity index (χ2v) is 11.4. The first-order chi connectivity index (χ1) is 19.8. The van der Waals surface area contributed by atoms with E-state index in [0.717, 1.165) is 11.1 Å². The first-order valence-corrected chi connectivity index (χ1v) is 13.8. The fourth-order valence-corrected chi connectivity index (χ4v) is 7.90. The van der Waals surface area contributed by atoms with Gasteiger partial charge in [0.2, 0.25) is 0 Å². The monoisotopic (exact) mass is 545 g/mol. The van der Waals surface area contributed by atoms with E-state index in [-0.39, 0.29) is 35.2 Å². The summed E-state index contributed by atoms with van der Waals surface area (Å²) >= 11 is 0. The molecule has 4 aliphatic rings. The van der Waals surface area contributed by atoms with Gasteiger partial charge in [0.15, 0.2) is 11.6 Å². The number of allylic oxidation sites excluding steroid dienone is 4. The fraction of sp³-hybridized carbons (Fsp3) is 0.235. The van der Waals surface area contributed by atoms with Crippen molar-refractivity contribution in [2.75, 3.05) is 0 Å². The van der Waals surface area contributed by atoms with E-state index in [2.05, 4.69) is 0 Å². The van der Waals surface area contributed by atoms with E-state index in [0.29, 0.717) is 16.7 Å². The second-order valence-electron chi connectivity index (χ2n) is 11.4. The number of imide groups is 1. The Labute approximate surface area is 236 Å². The van der Waals surface area contributed by atoms with Crippen LogP contribution in [0.2, 0.25) is 0 Å². The normalized spacial score (nSPS) is 30.8. The molecule has 7 rings (SSSR count). The van der Waals surface area contributed by atoms with Crippen molar-refractivity contribution in [3.05, 3.63) is 119 Å². The van der Waals surface area contributed by atoms with Gasteiger partial charge in [-0.3, -0.25) is 24.4 Å². The van der Waals surface area contributed by atoms with Gasteiger partial charge in [-0.25, -0.2) is 0 Å². The third-order valence-corrected chi connectivity index (χ3v) is 9.58. The molecule has 0 aromatic heterocycles. The smallest absolute Gasteiger partial charge is 0.257 e. The maximum Gasteiger partial charge on any atom is 0.257 e. The Morgan fingerprint density at radius 2 is 1.44 bits per heavy atom. The number of ketones is 2. The Kier molecular flexibility index (Phi) is 5.70. The maximum absolute atomic E-state index is 14.7. The zero-order valence-electron chi connectivity index (χ0n) is 22.0. The predicted octanol–water partition coefficient (Wildman–Crippen LogP) is 4.61. The molecule has 0 radical (unpaired) electrons. The van der Waals surface area contributed by atoms with Crippen LogP contribution >= 0.6 is 0 Å². The van der Waals surface area contributed by atoms with Crippen LogP contribution in [0.1, 0.15) is 35.4 Å². The number of hydrogen-bond donors (Lipinski definition) is 2. The molecule has 6 atom stereocenters. The first-order valence-electron chi connectivity index (χ1n) is 13.8. The number of benzene rings is 3. The number of carbonyl (C=O) groups is 4. The zero-order valence-corrected chi connectivity index (χ0v) is 22.0. The Bertz CT molecular complexity index is 1660. The molecular weight excluding hydrogens is 518 g/mol. The number of aromatic hydroxyl groups is 1. The van der Waals surface area contributed by atoms with E-state index in [9.17, 15) is 29.5 Å². The topological polar surface area (TPSA) is 112 Å². The van der Waals surface area contributed by atoms with Crippen LogP contribution in [-0.4, -0.2) is 38.8 Å². The molecule has 41 heavy (non-hydrogen) atoms. The van der Waals surface area contributed by atoms with E-state index in [1.165, 1.54) is 6.08 Å². The van der Waals surface area contributed by atoms with Gasteiger partial charge in [0.25, 0.3) is 11.8 Å². The van der Waals surface area contributed by atoms with Crippen LogP contribution in [-0.2, 0) is 24.6 Å². The molecule has 2 amide bonds. The maximum atomic E-state index is 14.7. The summed E-state index contributed by atoms with van der Waals surface area (Å²) in [4.78, 5) is 55.4. The van der Waals surface area contributed by atoms with Crippen molar-refractivity contribution in [3.63, 3.8) is 0 Å². The Hall–Kier alpha value is -4.62. The van der Waals surface area contributed by atoms with Crippen LogP contribution in [0.25, 0.3) is 5.57 Å². The summed E-state index contributed by atoms with van der Waals surface area (Å²) in [5.41, 5.74) is 1.89. The van der Waals surface area contributed by atoms with Crippen LogP contribution in [0.3, 0.4) is 0 Å². The lowest BCUT2D eigenvalue weighted by atomic mass is 9.44. The van der Waals surface area contributed by atoms with Crippen molar-refractivity contribution < 1.29 is 29.5 Å². The quantitative estimate of drug-likeness (QED) is 0.283. The molecule has 3 aromatic carbocycles. The molecule has 2 fully saturated rings. The highest BCUT2D eigenvalue weighted by Gasteiger charge is 2.65. The number of carbonyl (C=O) groups excluding carboxylic acids is 4. The van der Waals surface area contributed by atoms with Gasteiger partial charge < -0.3 is 5.11 Å². The predicted molar refractivity (Wildman–Crippen MR) is 148 cm³/mol. The molecule has 1 heterocycles. The lowest BCUT2D eigenvalue weighted by Crippen LogP contribution is -2.58.